The highest BCUT2D eigenvalue weighted by Gasteiger charge is 2.29. The number of nitrogens with zero attached hydrogens (tertiary/aromatic N) is 1. The van der Waals surface area contributed by atoms with E-state index in [0.717, 1.165) is 28.4 Å². The summed E-state index contributed by atoms with van der Waals surface area (Å²) in [6.07, 6.45) is 1.05. The van der Waals surface area contributed by atoms with Crippen LogP contribution < -0.4 is 4.90 Å². The Morgan fingerprint density at radius 3 is 2.52 bits per heavy atom. The number of aryl methyl sites for hydroxylation is 1. The van der Waals surface area contributed by atoms with Crippen LogP contribution in [0.5, 0.6) is 0 Å². The van der Waals surface area contributed by atoms with Crippen LogP contribution in [-0.4, -0.2) is 5.91 Å². The predicted molar refractivity (Wildman–Crippen MR) is 88.2 cm³/mol. The lowest BCUT2D eigenvalue weighted by Crippen LogP contribution is -2.25. The molecule has 3 aromatic rings. The minimum atomic E-state index is 0.119. The van der Waals surface area contributed by atoms with Gasteiger partial charge in [0.25, 0.3) is 5.91 Å². The Bertz CT molecular complexity index is 844. The van der Waals surface area contributed by atoms with Gasteiger partial charge < -0.3 is 4.90 Å². The van der Waals surface area contributed by atoms with Crippen LogP contribution in [0.3, 0.4) is 0 Å². The second-order valence-electron chi connectivity index (χ2n) is 5.29. The molecule has 21 heavy (non-hydrogen) atoms. The van der Waals surface area contributed by atoms with Crippen molar-refractivity contribution in [1.82, 2.24) is 0 Å². The zero-order valence-corrected chi connectivity index (χ0v) is 12.6. The van der Waals surface area contributed by atoms with Gasteiger partial charge in [-0.2, -0.15) is 0 Å². The van der Waals surface area contributed by atoms with Gasteiger partial charge in [0.05, 0.1) is 12.2 Å². The summed E-state index contributed by atoms with van der Waals surface area (Å²) in [7, 11) is 0. The number of rotatable bonds is 3. The van der Waals surface area contributed by atoms with Gasteiger partial charge in [-0.1, -0.05) is 31.2 Å². The topological polar surface area (TPSA) is 20.3 Å². The average Bonchev–Trinajstić information content (AvgIpc) is 3.08. The molecule has 0 fully saturated rings. The quantitative estimate of drug-likeness (QED) is 0.690. The van der Waals surface area contributed by atoms with Gasteiger partial charge in [-0.05, 0) is 36.1 Å². The van der Waals surface area contributed by atoms with Gasteiger partial charge in [-0.3, -0.25) is 4.79 Å². The fourth-order valence-corrected chi connectivity index (χ4v) is 3.94. The van der Waals surface area contributed by atoms with Gasteiger partial charge in [0.15, 0.2) is 0 Å². The molecule has 3 heteroatoms. The van der Waals surface area contributed by atoms with E-state index in [1.54, 1.807) is 11.3 Å². The molecule has 104 valence electrons. The molecule has 1 amide bonds. The van der Waals surface area contributed by atoms with E-state index in [4.69, 9.17) is 0 Å². The number of benzene rings is 2. The minimum Gasteiger partial charge on any atom is -0.302 e. The van der Waals surface area contributed by atoms with Crippen molar-refractivity contribution < 1.29 is 4.79 Å². The SMILES string of the molecule is CCc1ccc(CN2C(=O)c3cccc4cccc2c34)s1. The second-order valence-corrected chi connectivity index (χ2v) is 6.55. The molecular weight excluding hydrogens is 278 g/mol. The van der Waals surface area contributed by atoms with Crippen LogP contribution in [0.2, 0.25) is 0 Å². The van der Waals surface area contributed by atoms with Gasteiger partial charge in [0, 0.05) is 20.7 Å². The van der Waals surface area contributed by atoms with Gasteiger partial charge in [0.1, 0.15) is 0 Å². The van der Waals surface area contributed by atoms with Crippen molar-refractivity contribution in [2.45, 2.75) is 19.9 Å². The Kier molecular flexibility index (Phi) is 2.82. The third-order valence-corrected chi connectivity index (χ3v) is 5.24. The van der Waals surface area contributed by atoms with Crippen molar-refractivity contribution in [3.05, 3.63) is 63.8 Å². The lowest BCUT2D eigenvalue weighted by Gasteiger charge is -2.16. The predicted octanol–water partition coefficient (Wildman–Crippen LogP) is 4.62. The molecule has 1 aliphatic rings. The summed E-state index contributed by atoms with van der Waals surface area (Å²) in [5, 5.41) is 2.23. The largest absolute Gasteiger partial charge is 0.302 e. The normalized spacial score (nSPS) is 13.4. The number of hydrogen-bond acceptors (Lipinski definition) is 2. The molecule has 4 rings (SSSR count). The third kappa shape index (κ3) is 1.88. The van der Waals surface area contributed by atoms with Crippen molar-refractivity contribution in [2.75, 3.05) is 4.90 Å². The smallest absolute Gasteiger partial charge is 0.259 e. The van der Waals surface area contributed by atoms with Gasteiger partial charge >= 0.3 is 0 Å². The molecule has 0 N–H and O–H groups in total. The summed E-state index contributed by atoms with van der Waals surface area (Å²) >= 11 is 1.80. The van der Waals surface area contributed by atoms with Crippen molar-refractivity contribution in [3.63, 3.8) is 0 Å². The maximum atomic E-state index is 12.7. The van der Waals surface area contributed by atoms with E-state index >= 15 is 0 Å². The summed E-state index contributed by atoms with van der Waals surface area (Å²) in [4.78, 5) is 17.2. The molecule has 0 spiro atoms. The molecule has 0 saturated carbocycles. The lowest BCUT2D eigenvalue weighted by molar-refractivity contribution is 0.0991. The zero-order chi connectivity index (χ0) is 14.4. The van der Waals surface area contributed by atoms with Crippen molar-refractivity contribution in [2.24, 2.45) is 0 Å². The highest BCUT2D eigenvalue weighted by molar-refractivity contribution is 7.12. The Labute approximate surface area is 127 Å². The van der Waals surface area contributed by atoms with Crippen molar-refractivity contribution in [1.29, 1.82) is 0 Å². The highest BCUT2D eigenvalue weighted by atomic mass is 32.1. The van der Waals surface area contributed by atoms with Crippen LogP contribution in [0.4, 0.5) is 5.69 Å². The van der Waals surface area contributed by atoms with Crippen LogP contribution in [0.1, 0.15) is 27.0 Å². The molecule has 2 nitrogen and oxygen atoms in total. The summed E-state index contributed by atoms with van der Waals surface area (Å²) in [5.74, 6) is 0.119. The fraction of sp³-hybridized carbons (Fsp3) is 0.167. The number of anilines is 1. The maximum Gasteiger partial charge on any atom is 0.259 e. The van der Waals surface area contributed by atoms with E-state index in [1.165, 1.54) is 9.75 Å². The van der Waals surface area contributed by atoms with Crippen LogP contribution >= 0.6 is 11.3 Å². The van der Waals surface area contributed by atoms with Crippen LogP contribution in [0.25, 0.3) is 10.8 Å². The molecule has 0 bridgehead atoms. The summed E-state index contributed by atoms with van der Waals surface area (Å²) in [6, 6.07) is 16.4. The minimum absolute atomic E-state index is 0.119. The first kappa shape index (κ1) is 12.6. The van der Waals surface area contributed by atoms with E-state index in [-0.39, 0.29) is 5.91 Å². The molecule has 1 aliphatic heterocycles. The van der Waals surface area contributed by atoms with Crippen LogP contribution in [0, 0.1) is 0 Å². The summed E-state index contributed by atoms with van der Waals surface area (Å²) in [6.45, 7) is 2.82. The highest BCUT2D eigenvalue weighted by Crippen LogP contribution is 2.38. The maximum absolute atomic E-state index is 12.7. The van der Waals surface area contributed by atoms with E-state index in [1.807, 2.05) is 29.2 Å². The van der Waals surface area contributed by atoms with E-state index in [9.17, 15) is 4.79 Å². The van der Waals surface area contributed by atoms with E-state index in [2.05, 4.69) is 31.2 Å². The molecular formula is C18H15NOS. The van der Waals surface area contributed by atoms with Crippen molar-refractivity contribution in [3.8, 4) is 0 Å². The molecule has 2 aromatic carbocycles. The number of amides is 1. The molecule has 0 atom stereocenters. The third-order valence-electron chi connectivity index (χ3n) is 4.03. The first-order valence-electron chi connectivity index (χ1n) is 7.19. The van der Waals surface area contributed by atoms with Crippen molar-refractivity contribution >= 4 is 33.7 Å². The van der Waals surface area contributed by atoms with Gasteiger partial charge in [-0.15, -0.1) is 11.3 Å². The number of hydrogen-bond donors (Lipinski definition) is 0. The number of thiophene rings is 1. The first-order valence-corrected chi connectivity index (χ1v) is 8.01. The van der Waals surface area contributed by atoms with Crippen LogP contribution in [-0.2, 0) is 13.0 Å². The molecule has 0 unspecified atom stereocenters. The Balaban J connectivity index is 1.78. The first-order chi connectivity index (χ1) is 10.3. The Morgan fingerprint density at radius 2 is 1.76 bits per heavy atom. The van der Waals surface area contributed by atoms with Gasteiger partial charge in [-0.25, -0.2) is 0 Å². The Morgan fingerprint density at radius 1 is 1.00 bits per heavy atom. The Hall–Kier alpha value is -2.13. The lowest BCUT2D eigenvalue weighted by atomic mass is 10.1. The van der Waals surface area contributed by atoms with E-state index in [0.29, 0.717) is 6.54 Å². The summed E-state index contributed by atoms with van der Waals surface area (Å²) in [5.41, 5.74) is 1.87. The molecule has 0 aliphatic carbocycles. The van der Waals surface area contributed by atoms with E-state index < -0.39 is 0 Å². The average molecular weight is 293 g/mol. The molecule has 0 saturated heterocycles. The molecule has 0 radical (unpaired) electrons. The van der Waals surface area contributed by atoms with Gasteiger partial charge in [0.2, 0.25) is 0 Å². The number of carbonyl (C=O) groups excluding carboxylic acids is 1. The zero-order valence-electron chi connectivity index (χ0n) is 11.8. The summed E-state index contributed by atoms with van der Waals surface area (Å²) < 4.78 is 0. The molecule has 1 aromatic heterocycles. The second kappa shape index (κ2) is 4.71. The van der Waals surface area contributed by atoms with Crippen LogP contribution in [0.15, 0.2) is 48.5 Å². The standard InChI is InChI=1S/C18H15NOS/c1-2-13-9-10-14(21-13)11-19-16-8-4-6-12-5-3-7-15(17(12)16)18(19)20/h3-10H,2,11H2,1H3. The molecule has 2 heterocycles. The monoisotopic (exact) mass is 293 g/mol. The number of carbonyl (C=O) groups is 1. The fourth-order valence-electron chi connectivity index (χ4n) is 2.99.